The first-order chi connectivity index (χ1) is 20.3. The van der Waals surface area contributed by atoms with E-state index in [-0.39, 0.29) is 30.0 Å². The molecular formula is C35H50FN3O4. The number of H-pyrrole nitrogens is 1. The molecule has 0 spiro atoms. The van der Waals surface area contributed by atoms with Crippen molar-refractivity contribution in [1.29, 1.82) is 0 Å². The lowest BCUT2D eigenvalue weighted by atomic mass is 9.82. The second kappa shape index (κ2) is 16.4. The van der Waals surface area contributed by atoms with E-state index in [9.17, 15) is 9.18 Å². The molecule has 1 aromatic carbocycles. The maximum Gasteiger partial charge on any atom is 0.218 e. The number of hydrogen-bond donors (Lipinski definition) is 2. The highest BCUT2D eigenvalue weighted by atomic mass is 19.1. The van der Waals surface area contributed by atoms with Gasteiger partial charge in [-0.15, -0.1) is 0 Å². The van der Waals surface area contributed by atoms with Crippen LogP contribution in [0.5, 0.6) is 11.6 Å². The van der Waals surface area contributed by atoms with E-state index in [1.165, 1.54) is 12.1 Å². The molecule has 236 valence electrons. The Morgan fingerprint density at radius 1 is 1.26 bits per heavy atom. The van der Waals surface area contributed by atoms with Crippen LogP contribution in [0.2, 0.25) is 0 Å². The van der Waals surface area contributed by atoms with E-state index in [1.54, 1.807) is 39.4 Å². The Hall–Kier alpha value is -3.52. The van der Waals surface area contributed by atoms with E-state index >= 15 is 0 Å². The first-order valence-electron chi connectivity index (χ1n) is 15.2. The van der Waals surface area contributed by atoms with Crippen molar-refractivity contribution in [3.05, 3.63) is 76.9 Å². The summed E-state index contributed by atoms with van der Waals surface area (Å²) in [4.78, 5) is 18.7. The summed E-state index contributed by atoms with van der Waals surface area (Å²) in [5, 5.41) is 15.8. The Kier molecular flexibility index (Phi) is 13.6. The number of fused-ring (bicyclic) bond motifs is 1. The van der Waals surface area contributed by atoms with Crippen molar-refractivity contribution in [2.75, 3.05) is 13.7 Å². The Balaban J connectivity index is 0.000000973. The van der Waals surface area contributed by atoms with Gasteiger partial charge in [0, 0.05) is 17.3 Å². The van der Waals surface area contributed by atoms with Crippen LogP contribution in [0.1, 0.15) is 85.8 Å². The molecule has 43 heavy (non-hydrogen) atoms. The van der Waals surface area contributed by atoms with Crippen molar-refractivity contribution in [2.45, 2.75) is 86.7 Å². The molecule has 0 amide bonds. The monoisotopic (exact) mass is 595 g/mol. The third-order valence-electron chi connectivity index (χ3n) is 8.06. The number of aromatic nitrogens is 2. The van der Waals surface area contributed by atoms with Crippen LogP contribution in [0.4, 0.5) is 4.39 Å². The number of hydrogen-bond acceptors (Lipinski definition) is 6. The molecule has 2 heterocycles. The van der Waals surface area contributed by atoms with Gasteiger partial charge in [0.15, 0.2) is 5.78 Å². The Bertz CT molecular complexity index is 1330. The summed E-state index contributed by atoms with van der Waals surface area (Å²) in [6.45, 7) is 20.4. The summed E-state index contributed by atoms with van der Waals surface area (Å²) in [6, 6.07) is 4.44. The minimum absolute atomic E-state index is 0.0608. The number of ketones is 1. The summed E-state index contributed by atoms with van der Waals surface area (Å²) in [7, 11) is 1.59. The van der Waals surface area contributed by atoms with Crippen molar-refractivity contribution < 1.29 is 23.8 Å². The van der Waals surface area contributed by atoms with E-state index in [2.05, 4.69) is 44.5 Å². The number of carbonyl (C=O) groups is 1. The van der Waals surface area contributed by atoms with Crippen LogP contribution in [0.25, 0.3) is 0 Å². The van der Waals surface area contributed by atoms with Gasteiger partial charge in [-0.3, -0.25) is 9.79 Å². The largest absolute Gasteiger partial charge is 0.493 e. The maximum atomic E-state index is 13.8. The number of nitrogens with zero attached hydrogens (tertiary/aromatic N) is 2. The number of allylic oxidation sites excluding steroid dienone is 4. The fourth-order valence-corrected chi connectivity index (χ4v) is 4.42. The number of halogens is 1. The van der Waals surface area contributed by atoms with Crippen molar-refractivity contribution >= 4 is 11.5 Å². The van der Waals surface area contributed by atoms with Gasteiger partial charge in [0.1, 0.15) is 11.6 Å². The highest BCUT2D eigenvalue weighted by Gasteiger charge is 2.31. The first-order valence-corrected chi connectivity index (χ1v) is 15.2. The van der Waals surface area contributed by atoms with Gasteiger partial charge < -0.3 is 14.6 Å². The molecule has 1 aromatic heterocycles. The minimum atomic E-state index is -0.458. The first kappa shape index (κ1) is 35.7. The van der Waals surface area contributed by atoms with Crippen LogP contribution in [-0.4, -0.2) is 46.1 Å². The van der Waals surface area contributed by atoms with Crippen LogP contribution in [0, 0.1) is 23.6 Å². The third kappa shape index (κ3) is 9.75. The molecule has 0 saturated heterocycles. The molecule has 0 fully saturated rings. The van der Waals surface area contributed by atoms with Gasteiger partial charge in [-0.25, -0.2) is 9.49 Å². The van der Waals surface area contributed by atoms with Gasteiger partial charge in [-0.2, -0.15) is 5.10 Å². The van der Waals surface area contributed by atoms with Crippen molar-refractivity contribution in [3.8, 4) is 11.6 Å². The molecular weight excluding hydrogens is 545 g/mol. The number of carbonyl (C=O) groups excluding carboxylic acids is 1. The van der Waals surface area contributed by atoms with E-state index in [1.807, 2.05) is 19.9 Å². The summed E-state index contributed by atoms with van der Waals surface area (Å²) < 4.78 is 25.1. The molecule has 1 aliphatic heterocycles. The predicted octanol–water partition coefficient (Wildman–Crippen LogP) is 7.81. The van der Waals surface area contributed by atoms with Gasteiger partial charge in [0.2, 0.25) is 5.88 Å². The van der Waals surface area contributed by atoms with Crippen LogP contribution < -0.4 is 9.47 Å². The van der Waals surface area contributed by atoms with Gasteiger partial charge >= 0.3 is 0 Å². The molecule has 3 atom stereocenters. The molecule has 0 aliphatic carbocycles. The predicted molar refractivity (Wildman–Crippen MR) is 172 cm³/mol. The van der Waals surface area contributed by atoms with Crippen LogP contribution in [0.15, 0.2) is 65.0 Å². The van der Waals surface area contributed by atoms with Gasteiger partial charge in [-0.05, 0) is 87.6 Å². The minimum Gasteiger partial charge on any atom is -0.493 e. The molecule has 0 radical (unpaired) electrons. The number of aliphatic hydroxyl groups is 1. The number of aromatic amines is 1. The number of aliphatic imine (C=N–C) groups is 1. The Morgan fingerprint density at radius 2 is 1.91 bits per heavy atom. The number of benzene rings is 1. The zero-order valence-corrected chi connectivity index (χ0v) is 27.4. The Labute approximate surface area is 257 Å². The quantitative estimate of drug-likeness (QED) is 0.148. The lowest BCUT2D eigenvalue weighted by Gasteiger charge is -2.26. The zero-order valence-electron chi connectivity index (χ0n) is 27.4. The highest BCUT2D eigenvalue weighted by Crippen LogP contribution is 2.34. The lowest BCUT2D eigenvalue weighted by Crippen LogP contribution is -2.30. The summed E-state index contributed by atoms with van der Waals surface area (Å²) in [5.74, 6) is 0.622. The fraction of sp³-hybridized carbons (Fsp3) is 0.514. The van der Waals surface area contributed by atoms with Gasteiger partial charge in [-0.1, -0.05) is 47.3 Å². The molecule has 2 aromatic rings. The number of ether oxygens (including phenoxy) is 2. The average molecular weight is 596 g/mol. The van der Waals surface area contributed by atoms with Crippen LogP contribution in [-0.2, 0) is 11.2 Å². The molecule has 0 bridgehead atoms. The molecule has 0 saturated carbocycles. The van der Waals surface area contributed by atoms with Crippen molar-refractivity contribution in [2.24, 2.45) is 22.7 Å². The molecule has 7 nitrogen and oxygen atoms in total. The van der Waals surface area contributed by atoms with Crippen molar-refractivity contribution in [3.63, 3.8) is 0 Å². The SMILES string of the molecule is C=C(C(=C\N=C(c1cn[nH]c1OC)C(C)CC)/C(=C\C)C(=O)C1COc2ccc(F)cc2C1)C(C)CC.CCC(C)(C)O. The van der Waals surface area contributed by atoms with E-state index in [4.69, 9.17) is 19.6 Å². The lowest BCUT2D eigenvalue weighted by molar-refractivity contribution is -0.120. The molecule has 2 N–H and O–H groups in total. The highest BCUT2D eigenvalue weighted by molar-refractivity contribution is 6.05. The third-order valence-corrected chi connectivity index (χ3v) is 8.06. The second-order valence-electron chi connectivity index (χ2n) is 11.7. The smallest absolute Gasteiger partial charge is 0.218 e. The normalized spacial score (nSPS) is 17.2. The molecule has 3 unspecified atom stereocenters. The van der Waals surface area contributed by atoms with Gasteiger partial charge in [0.25, 0.3) is 0 Å². The standard InChI is InChI=1S/C30H38FN3O3.C5H12O/c1-8-18(4)20(6)25(15-32-28(19(5)9-2)26-16-33-34-30(26)36-7)24(10-3)29(35)22-13-21-14-23(31)11-12-27(21)37-17-22;1-4-5(2,3)6/h10-12,14-16,18-19,22H,6,8-9,13,17H2,1-5,7H3,(H,33,34);6H,4H2,1-3H3/b24-10+,25-15+,32-28?;. The van der Waals surface area contributed by atoms with E-state index in [0.717, 1.165) is 36.1 Å². The molecule has 3 rings (SSSR count). The summed E-state index contributed by atoms with van der Waals surface area (Å²) >= 11 is 0. The number of rotatable bonds is 12. The average Bonchev–Trinajstić information content (AvgIpc) is 3.47. The van der Waals surface area contributed by atoms with E-state index < -0.39 is 11.5 Å². The Morgan fingerprint density at radius 3 is 2.47 bits per heavy atom. The zero-order chi connectivity index (χ0) is 32.3. The van der Waals surface area contributed by atoms with Crippen LogP contribution in [0.3, 0.4) is 0 Å². The molecule has 1 aliphatic rings. The fourth-order valence-electron chi connectivity index (χ4n) is 4.42. The number of Topliss-reactive ketones (excluding diaryl/α,β-unsaturated/α-hetero) is 1. The number of nitrogens with one attached hydrogen (secondary N) is 1. The second-order valence-corrected chi connectivity index (χ2v) is 11.7. The topological polar surface area (TPSA) is 96.8 Å². The van der Waals surface area contributed by atoms with E-state index in [0.29, 0.717) is 34.8 Å². The maximum absolute atomic E-state index is 13.8. The number of methoxy groups -OCH3 is 1. The van der Waals surface area contributed by atoms with Gasteiger partial charge in [0.05, 0.1) is 42.7 Å². The van der Waals surface area contributed by atoms with Crippen LogP contribution >= 0.6 is 0 Å². The summed E-state index contributed by atoms with van der Waals surface area (Å²) in [6.07, 6.45) is 8.27. The van der Waals surface area contributed by atoms with Crippen molar-refractivity contribution in [1.82, 2.24) is 10.2 Å². The molecule has 8 heteroatoms. The summed E-state index contributed by atoms with van der Waals surface area (Å²) in [5.41, 5.74) is 3.94.